The van der Waals surface area contributed by atoms with Crippen molar-refractivity contribution in [2.45, 2.75) is 45.2 Å². The summed E-state index contributed by atoms with van der Waals surface area (Å²) in [5.74, 6) is 0.439. The van der Waals surface area contributed by atoms with Crippen molar-refractivity contribution >= 4 is 5.91 Å². The van der Waals surface area contributed by atoms with Crippen LogP contribution in [0, 0.1) is 6.92 Å². The van der Waals surface area contributed by atoms with E-state index in [0.717, 1.165) is 13.0 Å². The zero-order valence-corrected chi connectivity index (χ0v) is 11.4. The van der Waals surface area contributed by atoms with Gasteiger partial charge in [0.25, 0.3) is 0 Å². The lowest BCUT2D eigenvalue weighted by Gasteiger charge is -2.42. The number of benzene rings is 1. The number of hydrogen-bond donors (Lipinski definition) is 1. The summed E-state index contributed by atoms with van der Waals surface area (Å²) in [6, 6.07) is 8.27. The van der Waals surface area contributed by atoms with Crippen molar-refractivity contribution in [2.24, 2.45) is 5.73 Å². The minimum Gasteiger partial charge on any atom is -0.338 e. The van der Waals surface area contributed by atoms with Crippen molar-refractivity contribution < 1.29 is 4.79 Å². The number of carbonyl (C=O) groups is 1. The number of likely N-dealkylation sites (N-methyl/N-ethyl adjacent to an activating group) is 1. The van der Waals surface area contributed by atoms with Crippen LogP contribution >= 0.6 is 0 Å². The average molecular weight is 246 g/mol. The molecule has 1 amide bonds. The molecule has 0 spiro atoms. The van der Waals surface area contributed by atoms with Crippen LogP contribution in [0.1, 0.15) is 37.3 Å². The van der Waals surface area contributed by atoms with E-state index in [9.17, 15) is 4.79 Å². The molecule has 1 heterocycles. The summed E-state index contributed by atoms with van der Waals surface area (Å²) in [5, 5.41) is 0. The predicted octanol–water partition coefficient (Wildman–Crippen LogP) is 2.05. The second-order valence-corrected chi connectivity index (χ2v) is 5.17. The topological polar surface area (TPSA) is 46.3 Å². The van der Waals surface area contributed by atoms with Crippen molar-refractivity contribution in [3.63, 3.8) is 0 Å². The third-order valence-electron chi connectivity index (χ3n) is 4.11. The van der Waals surface area contributed by atoms with E-state index in [0.29, 0.717) is 5.92 Å². The Balaban J connectivity index is 2.34. The SMILES string of the molecule is CCN1C(=O)[C@@H](N)C[C@@H](c2ccccc2C)[C@H]1C. The molecule has 0 radical (unpaired) electrons. The number of amides is 1. The highest BCUT2D eigenvalue weighted by Gasteiger charge is 2.37. The molecule has 1 fully saturated rings. The highest BCUT2D eigenvalue weighted by atomic mass is 16.2. The Morgan fingerprint density at radius 2 is 2.06 bits per heavy atom. The molecule has 1 aliphatic rings. The van der Waals surface area contributed by atoms with Crippen molar-refractivity contribution in [1.82, 2.24) is 4.90 Å². The summed E-state index contributed by atoms with van der Waals surface area (Å²) in [7, 11) is 0. The van der Waals surface area contributed by atoms with Crippen LogP contribution < -0.4 is 5.73 Å². The van der Waals surface area contributed by atoms with Gasteiger partial charge >= 0.3 is 0 Å². The first-order valence-electron chi connectivity index (χ1n) is 6.67. The van der Waals surface area contributed by atoms with Crippen LogP contribution in [0.15, 0.2) is 24.3 Å². The molecule has 1 aromatic carbocycles. The first-order chi connectivity index (χ1) is 8.56. The van der Waals surface area contributed by atoms with Crippen molar-refractivity contribution in [3.8, 4) is 0 Å². The van der Waals surface area contributed by atoms with E-state index in [4.69, 9.17) is 5.73 Å². The van der Waals surface area contributed by atoms with E-state index < -0.39 is 0 Å². The maximum Gasteiger partial charge on any atom is 0.239 e. The minimum absolute atomic E-state index is 0.0924. The van der Waals surface area contributed by atoms with Gasteiger partial charge in [0.1, 0.15) is 0 Å². The molecule has 0 unspecified atom stereocenters. The fourth-order valence-corrected chi connectivity index (χ4v) is 3.04. The molecule has 0 saturated carbocycles. The quantitative estimate of drug-likeness (QED) is 0.868. The lowest BCUT2D eigenvalue weighted by atomic mass is 9.80. The van der Waals surface area contributed by atoms with Crippen LogP contribution in [0.2, 0.25) is 0 Å². The second-order valence-electron chi connectivity index (χ2n) is 5.17. The summed E-state index contributed by atoms with van der Waals surface area (Å²) in [4.78, 5) is 13.9. The molecule has 0 bridgehead atoms. The van der Waals surface area contributed by atoms with E-state index in [1.165, 1.54) is 11.1 Å². The molecule has 2 N–H and O–H groups in total. The lowest BCUT2D eigenvalue weighted by molar-refractivity contribution is -0.138. The molecule has 3 heteroatoms. The molecule has 3 nitrogen and oxygen atoms in total. The molecular formula is C15H22N2O. The zero-order valence-electron chi connectivity index (χ0n) is 11.4. The van der Waals surface area contributed by atoms with Gasteiger partial charge in [-0.25, -0.2) is 0 Å². The van der Waals surface area contributed by atoms with Crippen molar-refractivity contribution in [1.29, 1.82) is 0 Å². The molecule has 98 valence electrons. The van der Waals surface area contributed by atoms with Crippen molar-refractivity contribution in [2.75, 3.05) is 6.54 Å². The lowest BCUT2D eigenvalue weighted by Crippen LogP contribution is -2.55. The molecule has 1 aromatic rings. The normalized spacial score (nSPS) is 28.6. The number of nitrogens with two attached hydrogens (primary N) is 1. The Morgan fingerprint density at radius 1 is 1.39 bits per heavy atom. The van der Waals surface area contributed by atoms with Gasteiger partial charge in [0.2, 0.25) is 5.91 Å². The van der Waals surface area contributed by atoms with E-state index in [1.54, 1.807) is 0 Å². The minimum atomic E-state index is -0.356. The van der Waals surface area contributed by atoms with Crippen LogP contribution in [-0.4, -0.2) is 29.4 Å². The number of likely N-dealkylation sites (tertiary alicyclic amines) is 1. The number of nitrogens with zero attached hydrogens (tertiary/aromatic N) is 1. The first-order valence-corrected chi connectivity index (χ1v) is 6.67. The molecule has 18 heavy (non-hydrogen) atoms. The Labute approximate surface area is 109 Å². The fourth-order valence-electron chi connectivity index (χ4n) is 3.04. The van der Waals surface area contributed by atoms with Crippen molar-refractivity contribution in [3.05, 3.63) is 35.4 Å². The summed E-state index contributed by atoms with van der Waals surface area (Å²) < 4.78 is 0. The summed E-state index contributed by atoms with van der Waals surface area (Å²) in [6.07, 6.45) is 0.751. The van der Waals surface area contributed by atoms with E-state index in [2.05, 4.69) is 38.1 Å². The standard InChI is InChI=1S/C15H22N2O/c1-4-17-11(3)13(9-14(16)15(17)18)12-8-6-5-7-10(12)2/h5-8,11,13-14H,4,9,16H2,1-3H3/t11-,13-,14+/m1/s1. The van der Waals surface area contributed by atoms with Gasteiger partial charge in [-0.1, -0.05) is 24.3 Å². The first kappa shape index (κ1) is 13.1. The number of hydrogen-bond acceptors (Lipinski definition) is 2. The van der Waals surface area contributed by atoms with Crippen LogP contribution in [0.3, 0.4) is 0 Å². The van der Waals surface area contributed by atoms with Gasteiger partial charge in [-0.2, -0.15) is 0 Å². The van der Waals surface area contributed by atoms with E-state index in [-0.39, 0.29) is 18.0 Å². The number of rotatable bonds is 2. The highest BCUT2D eigenvalue weighted by molar-refractivity contribution is 5.83. The summed E-state index contributed by atoms with van der Waals surface area (Å²) >= 11 is 0. The van der Waals surface area contributed by atoms with Crippen LogP contribution in [0.4, 0.5) is 0 Å². The van der Waals surface area contributed by atoms with Gasteiger partial charge in [-0.15, -0.1) is 0 Å². The highest BCUT2D eigenvalue weighted by Crippen LogP contribution is 2.34. The number of carbonyl (C=O) groups excluding carboxylic acids is 1. The Kier molecular flexibility index (Phi) is 3.71. The maximum absolute atomic E-state index is 12.0. The second kappa shape index (κ2) is 5.11. The number of aryl methyl sites for hydroxylation is 1. The van der Waals surface area contributed by atoms with Crippen LogP contribution in [0.5, 0.6) is 0 Å². The third kappa shape index (κ3) is 2.15. The van der Waals surface area contributed by atoms with Crippen LogP contribution in [-0.2, 0) is 4.79 Å². The maximum atomic E-state index is 12.0. The third-order valence-corrected chi connectivity index (χ3v) is 4.11. The summed E-state index contributed by atoms with van der Waals surface area (Å²) in [6.45, 7) is 7.00. The van der Waals surface area contributed by atoms with Gasteiger partial charge in [0.15, 0.2) is 0 Å². The van der Waals surface area contributed by atoms with Gasteiger partial charge in [0.05, 0.1) is 6.04 Å². The smallest absolute Gasteiger partial charge is 0.239 e. The Morgan fingerprint density at radius 3 is 2.67 bits per heavy atom. The monoisotopic (exact) mass is 246 g/mol. The molecule has 1 aliphatic heterocycles. The molecule has 0 aliphatic carbocycles. The van der Waals surface area contributed by atoms with Gasteiger partial charge in [0, 0.05) is 18.5 Å². The molecule has 2 rings (SSSR count). The largest absolute Gasteiger partial charge is 0.338 e. The zero-order chi connectivity index (χ0) is 13.3. The molecule has 1 saturated heterocycles. The average Bonchev–Trinajstić information content (AvgIpc) is 2.36. The number of piperidine rings is 1. The van der Waals surface area contributed by atoms with E-state index >= 15 is 0 Å². The van der Waals surface area contributed by atoms with Gasteiger partial charge in [-0.05, 0) is 38.3 Å². The fraction of sp³-hybridized carbons (Fsp3) is 0.533. The van der Waals surface area contributed by atoms with E-state index in [1.807, 2.05) is 11.8 Å². The van der Waals surface area contributed by atoms with Gasteiger partial charge in [-0.3, -0.25) is 4.79 Å². The Hall–Kier alpha value is -1.35. The summed E-state index contributed by atoms with van der Waals surface area (Å²) in [5.41, 5.74) is 8.60. The molecule has 3 atom stereocenters. The van der Waals surface area contributed by atoms with Crippen LogP contribution in [0.25, 0.3) is 0 Å². The molecular weight excluding hydrogens is 224 g/mol. The molecule has 0 aromatic heterocycles. The Bertz CT molecular complexity index is 444. The predicted molar refractivity (Wildman–Crippen MR) is 73.4 cm³/mol. The van der Waals surface area contributed by atoms with Gasteiger partial charge < -0.3 is 10.6 Å².